The van der Waals surface area contributed by atoms with Gasteiger partial charge in [-0.15, -0.1) is 0 Å². The number of hydrogen-bond donors (Lipinski definition) is 2. The fourth-order valence-corrected chi connectivity index (χ4v) is 2.32. The van der Waals surface area contributed by atoms with Gasteiger partial charge >= 0.3 is 0 Å². The first-order chi connectivity index (χ1) is 8.17. The lowest BCUT2D eigenvalue weighted by Gasteiger charge is -2.41. The Morgan fingerprint density at radius 3 is 2.65 bits per heavy atom. The van der Waals surface area contributed by atoms with Crippen molar-refractivity contribution >= 4 is 0 Å². The van der Waals surface area contributed by atoms with Crippen LogP contribution in [0, 0.1) is 0 Å². The van der Waals surface area contributed by atoms with E-state index in [0.29, 0.717) is 12.8 Å². The third kappa shape index (κ3) is 1.75. The molecule has 1 aromatic heterocycles. The van der Waals surface area contributed by atoms with Crippen LogP contribution in [-0.2, 0) is 5.54 Å². The first-order valence-electron chi connectivity index (χ1n) is 5.75. The van der Waals surface area contributed by atoms with Crippen LogP contribution >= 0.6 is 0 Å². The Bertz CT molecular complexity index is 514. The van der Waals surface area contributed by atoms with Crippen molar-refractivity contribution in [2.75, 3.05) is 0 Å². The fourth-order valence-electron chi connectivity index (χ4n) is 2.32. The molecule has 0 amide bonds. The summed E-state index contributed by atoms with van der Waals surface area (Å²) in [6, 6.07) is 9.91. The number of rotatable bonds is 2. The van der Waals surface area contributed by atoms with E-state index < -0.39 is 5.54 Å². The summed E-state index contributed by atoms with van der Waals surface area (Å²) in [6.45, 7) is 0. The third-order valence-electron chi connectivity index (χ3n) is 3.38. The monoisotopic (exact) mass is 229 g/mol. The minimum absolute atomic E-state index is 0.264. The molecule has 4 nitrogen and oxygen atoms in total. The Morgan fingerprint density at radius 2 is 2.00 bits per heavy atom. The summed E-state index contributed by atoms with van der Waals surface area (Å²) in [7, 11) is 0. The summed E-state index contributed by atoms with van der Waals surface area (Å²) in [4.78, 5) is 0. The number of aliphatic hydroxyl groups is 1. The normalized spacial score (nSPS) is 27.8. The van der Waals surface area contributed by atoms with E-state index in [-0.39, 0.29) is 6.10 Å². The Balaban J connectivity index is 1.89. The third-order valence-corrected chi connectivity index (χ3v) is 3.38. The summed E-state index contributed by atoms with van der Waals surface area (Å²) in [5, 5.41) is 13.7. The van der Waals surface area contributed by atoms with Gasteiger partial charge in [-0.25, -0.2) is 4.68 Å². The van der Waals surface area contributed by atoms with Crippen LogP contribution in [-0.4, -0.2) is 21.0 Å². The number of aromatic nitrogens is 2. The molecule has 0 radical (unpaired) electrons. The van der Waals surface area contributed by atoms with Crippen LogP contribution in [0.15, 0.2) is 42.7 Å². The summed E-state index contributed by atoms with van der Waals surface area (Å²) in [6.07, 6.45) is 4.71. The zero-order valence-electron chi connectivity index (χ0n) is 9.45. The summed E-state index contributed by atoms with van der Waals surface area (Å²) in [5.74, 6) is 0. The molecule has 0 saturated heterocycles. The smallest absolute Gasteiger partial charge is 0.0645 e. The molecule has 1 fully saturated rings. The van der Waals surface area contributed by atoms with Gasteiger partial charge in [-0.3, -0.25) is 0 Å². The molecule has 2 aromatic rings. The Morgan fingerprint density at radius 1 is 1.29 bits per heavy atom. The molecule has 0 unspecified atom stereocenters. The van der Waals surface area contributed by atoms with Gasteiger partial charge in [-0.2, -0.15) is 5.10 Å². The molecule has 1 saturated carbocycles. The highest BCUT2D eigenvalue weighted by Crippen LogP contribution is 2.38. The Hall–Kier alpha value is -1.65. The highest BCUT2D eigenvalue weighted by molar-refractivity contribution is 5.33. The lowest BCUT2D eigenvalue weighted by Crippen LogP contribution is -2.51. The van der Waals surface area contributed by atoms with Gasteiger partial charge in [0.05, 0.1) is 18.0 Å². The maximum atomic E-state index is 9.36. The average molecular weight is 229 g/mol. The molecule has 17 heavy (non-hydrogen) atoms. The van der Waals surface area contributed by atoms with Crippen LogP contribution in [0.1, 0.15) is 18.4 Å². The lowest BCUT2D eigenvalue weighted by atomic mass is 9.72. The highest BCUT2D eigenvalue weighted by atomic mass is 16.3. The largest absolute Gasteiger partial charge is 0.393 e. The summed E-state index contributed by atoms with van der Waals surface area (Å²) >= 11 is 0. The zero-order chi connectivity index (χ0) is 11.9. The molecule has 88 valence electrons. The molecule has 1 aliphatic carbocycles. The summed E-state index contributed by atoms with van der Waals surface area (Å²) < 4.78 is 1.81. The molecule has 1 aliphatic rings. The number of hydrogen-bond acceptors (Lipinski definition) is 3. The molecule has 3 N–H and O–H groups in total. The van der Waals surface area contributed by atoms with Crippen molar-refractivity contribution in [1.82, 2.24) is 9.78 Å². The fraction of sp³-hybridized carbons (Fsp3) is 0.308. The van der Waals surface area contributed by atoms with E-state index in [1.165, 1.54) is 0 Å². The van der Waals surface area contributed by atoms with Gasteiger partial charge in [0.1, 0.15) is 0 Å². The number of aliphatic hydroxyl groups excluding tert-OH is 1. The number of nitrogens with zero attached hydrogens (tertiary/aromatic N) is 2. The topological polar surface area (TPSA) is 64.1 Å². The Kier molecular flexibility index (Phi) is 2.28. The van der Waals surface area contributed by atoms with Crippen molar-refractivity contribution in [1.29, 1.82) is 0 Å². The second-order valence-corrected chi connectivity index (χ2v) is 4.73. The van der Waals surface area contributed by atoms with Crippen LogP contribution in [0.3, 0.4) is 0 Å². The van der Waals surface area contributed by atoms with Crippen molar-refractivity contribution in [3.63, 3.8) is 0 Å². The van der Waals surface area contributed by atoms with E-state index >= 15 is 0 Å². The average Bonchev–Trinajstić information content (AvgIpc) is 2.78. The molecule has 1 heterocycles. The van der Waals surface area contributed by atoms with Gasteiger partial charge in [0, 0.05) is 17.3 Å². The molecule has 0 spiro atoms. The SMILES string of the molecule is NC1(c2cnn(-c3ccccc3)c2)CC(O)C1. The van der Waals surface area contributed by atoms with Gasteiger partial charge in [-0.05, 0) is 25.0 Å². The zero-order valence-corrected chi connectivity index (χ0v) is 9.45. The second-order valence-electron chi connectivity index (χ2n) is 4.73. The van der Waals surface area contributed by atoms with E-state index in [0.717, 1.165) is 11.3 Å². The minimum Gasteiger partial charge on any atom is -0.393 e. The molecular weight excluding hydrogens is 214 g/mol. The van der Waals surface area contributed by atoms with Gasteiger partial charge in [0.25, 0.3) is 0 Å². The van der Waals surface area contributed by atoms with E-state index in [4.69, 9.17) is 5.73 Å². The van der Waals surface area contributed by atoms with E-state index in [1.54, 1.807) is 6.20 Å². The predicted molar refractivity (Wildman–Crippen MR) is 64.7 cm³/mol. The van der Waals surface area contributed by atoms with Crippen molar-refractivity contribution in [3.8, 4) is 5.69 Å². The first kappa shape index (κ1) is 10.5. The Labute approximate surface area is 99.7 Å². The maximum absolute atomic E-state index is 9.36. The van der Waals surface area contributed by atoms with E-state index in [9.17, 15) is 5.11 Å². The molecule has 0 atom stereocenters. The second kappa shape index (κ2) is 3.68. The van der Waals surface area contributed by atoms with Crippen LogP contribution < -0.4 is 5.73 Å². The molecular formula is C13H15N3O. The predicted octanol–water partition coefficient (Wildman–Crippen LogP) is 1.18. The molecule has 4 heteroatoms. The molecule has 1 aromatic carbocycles. The van der Waals surface area contributed by atoms with Crippen LogP contribution in [0.5, 0.6) is 0 Å². The van der Waals surface area contributed by atoms with E-state index in [2.05, 4.69) is 5.10 Å². The molecule has 3 rings (SSSR count). The number of nitrogens with two attached hydrogens (primary N) is 1. The van der Waals surface area contributed by atoms with Crippen molar-refractivity contribution in [2.24, 2.45) is 5.73 Å². The van der Waals surface area contributed by atoms with Crippen molar-refractivity contribution in [3.05, 3.63) is 48.3 Å². The quantitative estimate of drug-likeness (QED) is 0.812. The van der Waals surface area contributed by atoms with Crippen molar-refractivity contribution in [2.45, 2.75) is 24.5 Å². The highest BCUT2D eigenvalue weighted by Gasteiger charge is 2.42. The number of para-hydroxylation sites is 1. The lowest BCUT2D eigenvalue weighted by molar-refractivity contribution is 0.0209. The molecule has 0 bridgehead atoms. The first-order valence-corrected chi connectivity index (χ1v) is 5.75. The maximum Gasteiger partial charge on any atom is 0.0645 e. The van der Waals surface area contributed by atoms with Gasteiger partial charge in [-0.1, -0.05) is 18.2 Å². The number of benzene rings is 1. The van der Waals surface area contributed by atoms with Gasteiger partial charge in [0.2, 0.25) is 0 Å². The molecule has 0 aliphatic heterocycles. The van der Waals surface area contributed by atoms with Crippen molar-refractivity contribution < 1.29 is 5.11 Å². The minimum atomic E-state index is -0.396. The summed E-state index contributed by atoms with van der Waals surface area (Å²) in [5.41, 5.74) is 7.80. The standard InChI is InChI=1S/C13H15N3O/c14-13(6-12(17)7-13)10-8-15-16(9-10)11-4-2-1-3-5-11/h1-5,8-9,12,17H,6-7,14H2. The van der Waals surface area contributed by atoms with E-state index in [1.807, 2.05) is 41.2 Å². The van der Waals surface area contributed by atoms with Gasteiger partial charge in [0.15, 0.2) is 0 Å². The van der Waals surface area contributed by atoms with Crippen LogP contribution in [0.2, 0.25) is 0 Å². The van der Waals surface area contributed by atoms with Crippen LogP contribution in [0.4, 0.5) is 0 Å². The van der Waals surface area contributed by atoms with Gasteiger partial charge < -0.3 is 10.8 Å². The van der Waals surface area contributed by atoms with Crippen LogP contribution in [0.25, 0.3) is 5.69 Å².